The average Bonchev–Trinajstić information content (AvgIpc) is 2.66. The van der Waals surface area contributed by atoms with Gasteiger partial charge in [-0.15, -0.1) is 0 Å². The molecule has 116 valence electrons. The molecule has 0 aliphatic carbocycles. The molecular formula is C14H25NO5. The van der Waals surface area contributed by atoms with Crippen LogP contribution in [0.2, 0.25) is 0 Å². The number of primary amides is 1. The molecule has 0 unspecified atom stereocenters. The summed E-state index contributed by atoms with van der Waals surface area (Å²) in [5.41, 5.74) is 4.95. The van der Waals surface area contributed by atoms with E-state index in [9.17, 15) is 9.90 Å². The van der Waals surface area contributed by atoms with E-state index in [1.54, 1.807) is 20.8 Å². The van der Waals surface area contributed by atoms with Gasteiger partial charge in [-0.25, -0.2) is 0 Å². The highest BCUT2D eigenvalue weighted by Gasteiger charge is 2.40. The van der Waals surface area contributed by atoms with Crippen molar-refractivity contribution in [2.75, 3.05) is 6.61 Å². The highest BCUT2D eigenvalue weighted by molar-refractivity contribution is 5.79. The summed E-state index contributed by atoms with van der Waals surface area (Å²) in [5, 5.41) is 9.60. The topological polar surface area (TPSA) is 91.0 Å². The minimum absolute atomic E-state index is 0.294. The molecule has 1 amide bonds. The first-order chi connectivity index (χ1) is 8.96. The molecule has 0 aromatic rings. The number of rotatable bonds is 6. The van der Waals surface area contributed by atoms with Crippen LogP contribution in [0.3, 0.4) is 0 Å². The first kappa shape index (κ1) is 17.1. The van der Waals surface area contributed by atoms with Crippen LogP contribution in [0.1, 0.15) is 34.6 Å². The number of amides is 1. The molecular weight excluding hydrogens is 262 g/mol. The SMILES string of the molecule is C=C([C@H]1COC(C)(C)O1)C(C)(C)O[C@@H](C)[C@@H](O)C(N)=O. The monoisotopic (exact) mass is 287 g/mol. The summed E-state index contributed by atoms with van der Waals surface area (Å²) in [6.45, 7) is 13.2. The number of nitrogens with two attached hydrogens (primary N) is 1. The number of carbonyl (C=O) groups excluding carboxylic acids is 1. The van der Waals surface area contributed by atoms with E-state index < -0.39 is 29.5 Å². The van der Waals surface area contributed by atoms with Gasteiger partial charge in [0.2, 0.25) is 5.91 Å². The molecule has 20 heavy (non-hydrogen) atoms. The first-order valence-corrected chi connectivity index (χ1v) is 6.62. The van der Waals surface area contributed by atoms with Gasteiger partial charge in [0.25, 0.3) is 0 Å². The zero-order valence-electron chi connectivity index (χ0n) is 12.8. The number of aliphatic hydroxyl groups is 1. The largest absolute Gasteiger partial charge is 0.381 e. The molecule has 0 saturated carbocycles. The van der Waals surface area contributed by atoms with Gasteiger partial charge in [-0.05, 0) is 40.2 Å². The Bertz CT molecular complexity index is 391. The summed E-state index contributed by atoms with van der Waals surface area (Å²) in [6, 6.07) is 0. The van der Waals surface area contributed by atoms with Gasteiger partial charge in [0.1, 0.15) is 6.10 Å². The van der Waals surface area contributed by atoms with E-state index in [1.807, 2.05) is 13.8 Å². The molecule has 1 aliphatic heterocycles. The van der Waals surface area contributed by atoms with Crippen molar-refractivity contribution in [3.63, 3.8) is 0 Å². The summed E-state index contributed by atoms with van der Waals surface area (Å²) in [5.74, 6) is -1.47. The lowest BCUT2D eigenvalue weighted by molar-refractivity contribution is -0.147. The fraction of sp³-hybridized carbons (Fsp3) is 0.786. The third kappa shape index (κ3) is 4.02. The molecule has 1 saturated heterocycles. The third-order valence-corrected chi connectivity index (χ3v) is 3.39. The Morgan fingerprint density at radius 2 is 2.10 bits per heavy atom. The predicted octanol–water partition coefficient (Wildman–Crippen LogP) is 0.724. The first-order valence-electron chi connectivity index (χ1n) is 6.62. The number of hydrogen-bond donors (Lipinski definition) is 2. The molecule has 6 nitrogen and oxygen atoms in total. The lowest BCUT2D eigenvalue weighted by Gasteiger charge is -2.34. The van der Waals surface area contributed by atoms with Crippen molar-refractivity contribution in [1.82, 2.24) is 0 Å². The van der Waals surface area contributed by atoms with Gasteiger partial charge in [0.05, 0.1) is 18.3 Å². The second-order valence-corrected chi connectivity index (χ2v) is 6.02. The van der Waals surface area contributed by atoms with E-state index in [2.05, 4.69) is 6.58 Å². The van der Waals surface area contributed by atoms with Crippen molar-refractivity contribution < 1.29 is 24.1 Å². The van der Waals surface area contributed by atoms with Crippen LogP contribution < -0.4 is 5.73 Å². The fourth-order valence-corrected chi connectivity index (χ4v) is 2.08. The van der Waals surface area contributed by atoms with Crippen LogP contribution >= 0.6 is 0 Å². The van der Waals surface area contributed by atoms with Crippen LogP contribution in [0.15, 0.2) is 12.2 Å². The average molecular weight is 287 g/mol. The Morgan fingerprint density at radius 1 is 1.55 bits per heavy atom. The standard InChI is InChI=1S/C14H25NO5/c1-8(10-7-18-14(5,6)20-10)13(3,4)19-9(2)11(16)12(15)17/h9-11,16H,1,7H2,2-6H3,(H2,15,17)/t9-,10+,11+/m0/s1. The molecule has 0 aromatic carbocycles. The lowest BCUT2D eigenvalue weighted by Crippen LogP contribution is -2.45. The van der Waals surface area contributed by atoms with E-state index in [0.717, 1.165) is 0 Å². The van der Waals surface area contributed by atoms with Gasteiger partial charge < -0.3 is 25.1 Å². The van der Waals surface area contributed by atoms with E-state index in [4.69, 9.17) is 19.9 Å². The van der Waals surface area contributed by atoms with Crippen LogP contribution in [0, 0.1) is 0 Å². The zero-order chi connectivity index (χ0) is 15.7. The van der Waals surface area contributed by atoms with Crippen LogP contribution in [0.25, 0.3) is 0 Å². The summed E-state index contributed by atoms with van der Waals surface area (Å²) < 4.78 is 16.9. The number of hydrogen-bond acceptors (Lipinski definition) is 5. The van der Waals surface area contributed by atoms with Crippen LogP contribution in [-0.2, 0) is 19.0 Å². The summed E-state index contributed by atoms with van der Waals surface area (Å²) in [7, 11) is 0. The molecule has 0 aromatic heterocycles. The molecule has 0 spiro atoms. The Kier molecular flexibility index (Phi) is 4.97. The van der Waals surface area contributed by atoms with Gasteiger partial charge in [0, 0.05) is 0 Å². The molecule has 0 bridgehead atoms. The van der Waals surface area contributed by atoms with Crippen molar-refractivity contribution >= 4 is 5.91 Å². The Balaban J connectivity index is 2.69. The maximum atomic E-state index is 11.0. The molecule has 6 heteroatoms. The highest BCUT2D eigenvalue weighted by Crippen LogP contribution is 2.33. The smallest absolute Gasteiger partial charge is 0.248 e. The quantitative estimate of drug-likeness (QED) is 0.703. The van der Waals surface area contributed by atoms with E-state index in [-0.39, 0.29) is 6.10 Å². The molecule has 3 N–H and O–H groups in total. The minimum Gasteiger partial charge on any atom is -0.381 e. The van der Waals surface area contributed by atoms with E-state index >= 15 is 0 Å². The summed E-state index contributed by atoms with van der Waals surface area (Å²) in [4.78, 5) is 11.0. The highest BCUT2D eigenvalue weighted by atomic mass is 16.7. The van der Waals surface area contributed by atoms with Crippen LogP contribution in [-0.4, -0.2) is 47.3 Å². The van der Waals surface area contributed by atoms with Crippen molar-refractivity contribution in [3.8, 4) is 0 Å². The lowest BCUT2D eigenvalue weighted by atomic mass is 9.94. The van der Waals surface area contributed by atoms with Gasteiger partial charge in [-0.3, -0.25) is 4.79 Å². The molecule has 1 fully saturated rings. The fourth-order valence-electron chi connectivity index (χ4n) is 2.08. The molecule has 1 heterocycles. The minimum atomic E-state index is -1.36. The summed E-state index contributed by atoms with van der Waals surface area (Å²) in [6.07, 6.45) is -2.40. The van der Waals surface area contributed by atoms with E-state index in [0.29, 0.717) is 12.2 Å². The maximum Gasteiger partial charge on any atom is 0.248 e. The maximum absolute atomic E-state index is 11.0. The second kappa shape index (κ2) is 5.81. The Morgan fingerprint density at radius 3 is 2.50 bits per heavy atom. The van der Waals surface area contributed by atoms with Gasteiger partial charge in [-0.2, -0.15) is 0 Å². The molecule has 1 aliphatic rings. The molecule has 1 rings (SSSR count). The van der Waals surface area contributed by atoms with E-state index in [1.165, 1.54) is 0 Å². The third-order valence-electron chi connectivity index (χ3n) is 3.39. The van der Waals surface area contributed by atoms with Crippen molar-refractivity contribution in [1.29, 1.82) is 0 Å². The zero-order valence-corrected chi connectivity index (χ0v) is 12.8. The van der Waals surface area contributed by atoms with Crippen molar-refractivity contribution in [2.45, 2.75) is 64.3 Å². The van der Waals surface area contributed by atoms with Gasteiger partial charge in [0.15, 0.2) is 11.9 Å². The van der Waals surface area contributed by atoms with Gasteiger partial charge >= 0.3 is 0 Å². The number of carbonyl (C=O) groups is 1. The Hall–Kier alpha value is -0.950. The number of aliphatic hydroxyl groups excluding tert-OH is 1. The van der Waals surface area contributed by atoms with Crippen molar-refractivity contribution in [2.24, 2.45) is 5.73 Å². The Labute approximate surface area is 119 Å². The predicted molar refractivity (Wildman–Crippen MR) is 73.9 cm³/mol. The van der Waals surface area contributed by atoms with Gasteiger partial charge in [-0.1, -0.05) is 6.58 Å². The summed E-state index contributed by atoms with van der Waals surface area (Å²) >= 11 is 0. The second-order valence-electron chi connectivity index (χ2n) is 6.02. The van der Waals surface area contributed by atoms with Crippen molar-refractivity contribution in [3.05, 3.63) is 12.2 Å². The molecule has 3 atom stereocenters. The van der Waals surface area contributed by atoms with Crippen LogP contribution in [0.4, 0.5) is 0 Å². The number of ether oxygens (including phenoxy) is 3. The van der Waals surface area contributed by atoms with Crippen LogP contribution in [0.5, 0.6) is 0 Å². The molecule has 0 radical (unpaired) electrons. The normalized spacial score (nSPS) is 25.2.